The van der Waals surface area contributed by atoms with Crippen LogP contribution in [-0.4, -0.2) is 73.8 Å². The Morgan fingerprint density at radius 2 is 1.78 bits per heavy atom. The predicted octanol–water partition coefficient (Wildman–Crippen LogP) is 1.48. The first-order valence-electron chi connectivity index (χ1n) is 11.7. The Bertz CT molecular complexity index is 1520. The van der Waals surface area contributed by atoms with E-state index >= 15 is 0 Å². The summed E-state index contributed by atoms with van der Waals surface area (Å²) in [5, 5.41) is 3.51. The number of esters is 1. The van der Waals surface area contributed by atoms with E-state index < -0.39 is 28.5 Å². The molecular formula is C26H25N3O8. The number of Topliss-reactive ketones (excluding diaryl/α,β-unsaturated/α-hetero) is 1. The molecule has 1 saturated carbocycles. The lowest BCUT2D eigenvalue weighted by Crippen LogP contribution is -2.52. The number of carbonyl (C=O) groups excluding carboxylic acids is 4. The summed E-state index contributed by atoms with van der Waals surface area (Å²) < 4.78 is 21.2. The number of ketones is 2. The zero-order valence-corrected chi connectivity index (χ0v) is 20.9. The minimum Gasteiger partial charge on any atom is -0.493 e. The van der Waals surface area contributed by atoms with Crippen molar-refractivity contribution in [2.75, 3.05) is 35.0 Å². The number of hydrogen-bond donors (Lipinski definition) is 2. The molecule has 1 aromatic carbocycles. The third-order valence-corrected chi connectivity index (χ3v) is 8.01. The number of allylic oxidation sites excluding steroid dienone is 2. The average molecular weight is 507 g/mol. The SMILES string of the molecule is COC(=O)[C@]1(C)NC2=C(C1=O)[C@@]13CC1CN(C(=O)c1cc4cc(OC)c(OC)c(OC)c4[nH]1)C3=CC2=O. The number of nitrogens with one attached hydrogen (secondary N) is 2. The van der Waals surface area contributed by atoms with Crippen LogP contribution in [0.5, 0.6) is 17.2 Å². The maximum atomic E-state index is 13.8. The first-order valence-corrected chi connectivity index (χ1v) is 11.7. The molecule has 11 heteroatoms. The number of ether oxygens (including phenoxy) is 4. The molecule has 2 aliphatic carbocycles. The highest BCUT2D eigenvalue weighted by Gasteiger charge is 2.73. The van der Waals surface area contributed by atoms with Crippen LogP contribution in [0, 0.1) is 11.3 Å². The number of piperidine rings is 1. The van der Waals surface area contributed by atoms with Crippen LogP contribution < -0.4 is 19.5 Å². The molecule has 6 rings (SSSR count). The molecule has 37 heavy (non-hydrogen) atoms. The fourth-order valence-electron chi connectivity index (χ4n) is 6.15. The molecule has 2 aromatic rings. The number of hydrogen-bond acceptors (Lipinski definition) is 9. The lowest BCUT2D eigenvalue weighted by molar-refractivity contribution is -0.150. The van der Waals surface area contributed by atoms with Crippen molar-refractivity contribution >= 4 is 34.3 Å². The van der Waals surface area contributed by atoms with Crippen LogP contribution in [0.1, 0.15) is 23.8 Å². The van der Waals surface area contributed by atoms with E-state index in [9.17, 15) is 19.2 Å². The first kappa shape index (κ1) is 23.1. The average Bonchev–Trinajstić information content (AvgIpc) is 3.15. The maximum absolute atomic E-state index is 13.8. The molecule has 0 radical (unpaired) electrons. The highest BCUT2D eigenvalue weighted by Crippen LogP contribution is 2.70. The van der Waals surface area contributed by atoms with E-state index in [0.717, 1.165) is 0 Å². The van der Waals surface area contributed by atoms with E-state index in [1.165, 1.54) is 41.4 Å². The highest BCUT2D eigenvalue weighted by molar-refractivity contribution is 6.26. The molecule has 2 N–H and O–H groups in total. The zero-order valence-electron chi connectivity index (χ0n) is 20.9. The lowest BCUT2D eigenvalue weighted by atomic mass is 9.80. The number of benzene rings is 1. The fourth-order valence-corrected chi connectivity index (χ4v) is 6.15. The van der Waals surface area contributed by atoms with Crippen molar-refractivity contribution in [3.8, 4) is 17.2 Å². The number of aromatic amines is 1. The summed E-state index contributed by atoms with van der Waals surface area (Å²) in [6, 6.07) is 3.43. The van der Waals surface area contributed by atoms with Gasteiger partial charge in [0.2, 0.25) is 11.5 Å². The van der Waals surface area contributed by atoms with E-state index in [1.54, 1.807) is 17.0 Å². The minimum atomic E-state index is -1.68. The number of rotatable bonds is 5. The molecule has 1 amide bonds. The summed E-state index contributed by atoms with van der Waals surface area (Å²) in [7, 11) is 5.70. The molecule has 3 atom stereocenters. The van der Waals surface area contributed by atoms with Crippen molar-refractivity contribution < 1.29 is 38.1 Å². The van der Waals surface area contributed by atoms with Gasteiger partial charge in [-0.15, -0.1) is 0 Å². The molecule has 4 aliphatic rings. The van der Waals surface area contributed by atoms with Crippen molar-refractivity contribution in [1.82, 2.24) is 15.2 Å². The number of nitrogens with zero attached hydrogens (tertiary/aromatic N) is 1. The number of fused-ring (bicyclic) bond motifs is 1. The van der Waals surface area contributed by atoms with Gasteiger partial charge in [0.05, 0.1) is 39.7 Å². The van der Waals surface area contributed by atoms with Crippen LogP contribution in [-0.2, 0) is 19.1 Å². The Labute approximate surface area is 211 Å². The molecular weight excluding hydrogens is 482 g/mol. The van der Waals surface area contributed by atoms with E-state index in [0.29, 0.717) is 46.8 Å². The number of likely N-dealkylation sites (tertiary alicyclic amines) is 1. The maximum Gasteiger partial charge on any atom is 0.339 e. The summed E-state index contributed by atoms with van der Waals surface area (Å²) in [6.07, 6.45) is 2.02. The summed E-state index contributed by atoms with van der Waals surface area (Å²) in [5.41, 5.74) is -0.733. The van der Waals surface area contributed by atoms with Crippen molar-refractivity contribution in [2.24, 2.45) is 11.3 Å². The molecule has 2 fully saturated rings. The monoisotopic (exact) mass is 507 g/mol. The van der Waals surface area contributed by atoms with Crippen molar-refractivity contribution in [2.45, 2.75) is 18.9 Å². The summed E-state index contributed by atoms with van der Waals surface area (Å²) >= 11 is 0. The third-order valence-electron chi connectivity index (χ3n) is 8.01. The minimum absolute atomic E-state index is 0.0364. The molecule has 192 valence electrons. The Balaban J connectivity index is 1.38. The molecule has 1 saturated heterocycles. The molecule has 3 heterocycles. The largest absolute Gasteiger partial charge is 0.493 e. The first-order chi connectivity index (χ1) is 17.7. The lowest BCUT2D eigenvalue weighted by Gasteiger charge is -2.28. The number of methoxy groups -OCH3 is 4. The highest BCUT2D eigenvalue weighted by atomic mass is 16.5. The number of amides is 1. The van der Waals surface area contributed by atoms with E-state index in [-0.39, 0.29) is 28.8 Å². The molecule has 0 bridgehead atoms. The van der Waals surface area contributed by atoms with Gasteiger partial charge in [0.1, 0.15) is 5.69 Å². The molecule has 11 nitrogen and oxygen atoms in total. The van der Waals surface area contributed by atoms with Gasteiger partial charge in [-0.3, -0.25) is 14.4 Å². The Morgan fingerprint density at radius 1 is 1.05 bits per heavy atom. The van der Waals surface area contributed by atoms with Crippen LogP contribution in [0.4, 0.5) is 0 Å². The second-order valence-corrected chi connectivity index (χ2v) is 9.80. The van der Waals surface area contributed by atoms with Gasteiger partial charge in [-0.05, 0) is 31.4 Å². The molecule has 2 aliphatic heterocycles. The Hall–Kier alpha value is -4.28. The summed E-state index contributed by atoms with van der Waals surface area (Å²) in [4.78, 5) is 57.5. The smallest absolute Gasteiger partial charge is 0.339 e. The predicted molar refractivity (Wildman–Crippen MR) is 128 cm³/mol. The fraction of sp³-hybridized carbons (Fsp3) is 0.385. The normalized spacial score (nSPS) is 27.3. The Morgan fingerprint density at radius 3 is 2.43 bits per heavy atom. The van der Waals surface area contributed by atoms with Crippen molar-refractivity contribution in [1.29, 1.82) is 0 Å². The standard InChI is InChI=1S/C26H25N3O8/c1-25(24(33)37-5)22(31)17-19(28-25)14(30)8-16-26(17)9-12(26)10-29(16)23(32)13-6-11-7-15(34-2)20(35-3)21(36-4)18(11)27-13/h6-8,12,27-28H,9-10H2,1-5H3/t12?,25-,26+/m1/s1. The quantitative estimate of drug-likeness (QED) is 0.456. The van der Waals surface area contributed by atoms with Gasteiger partial charge in [-0.2, -0.15) is 0 Å². The van der Waals surface area contributed by atoms with E-state index in [2.05, 4.69) is 10.3 Å². The topological polar surface area (TPSA) is 136 Å². The van der Waals surface area contributed by atoms with E-state index in [1.807, 2.05) is 0 Å². The second-order valence-electron chi connectivity index (χ2n) is 9.80. The van der Waals surface area contributed by atoms with Gasteiger partial charge < -0.3 is 34.1 Å². The van der Waals surface area contributed by atoms with Crippen LogP contribution in [0.2, 0.25) is 0 Å². The zero-order chi connectivity index (χ0) is 26.4. The van der Waals surface area contributed by atoms with Gasteiger partial charge >= 0.3 is 5.97 Å². The Kier molecular flexibility index (Phi) is 4.61. The summed E-state index contributed by atoms with van der Waals surface area (Å²) in [6.45, 7) is 1.76. The third kappa shape index (κ3) is 2.71. The van der Waals surface area contributed by atoms with Crippen molar-refractivity contribution in [3.63, 3.8) is 0 Å². The van der Waals surface area contributed by atoms with Gasteiger partial charge in [0.25, 0.3) is 5.91 Å². The number of H-pyrrole nitrogens is 1. The number of carbonyl (C=O) groups is 4. The van der Waals surface area contributed by atoms with Crippen LogP contribution >= 0.6 is 0 Å². The molecule has 1 unspecified atom stereocenters. The van der Waals surface area contributed by atoms with Crippen LogP contribution in [0.25, 0.3) is 10.9 Å². The van der Waals surface area contributed by atoms with Gasteiger partial charge in [0.15, 0.2) is 22.8 Å². The van der Waals surface area contributed by atoms with Gasteiger partial charge in [-0.1, -0.05) is 0 Å². The van der Waals surface area contributed by atoms with Gasteiger partial charge in [-0.25, -0.2) is 4.79 Å². The second kappa shape index (κ2) is 7.37. The number of aromatic nitrogens is 1. The van der Waals surface area contributed by atoms with E-state index in [4.69, 9.17) is 18.9 Å². The summed E-state index contributed by atoms with van der Waals surface area (Å²) in [5.74, 6) is -0.852. The molecule has 1 aromatic heterocycles. The van der Waals surface area contributed by atoms with Crippen LogP contribution in [0.15, 0.2) is 35.2 Å². The van der Waals surface area contributed by atoms with Gasteiger partial charge in [0, 0.05) is 34.7 Å². The van der Waals surface area contributed by atoms with Crippen LogP contribution in [0.3, 0.4) is 0 Å². The molecule has 1 spiro atoms. The van der Waals surface area contributed by atoms with Crippen molar-refractivity contribution in [3.05, 3.63) is 40.9 Å².